The lowest BCUT2D eigenvalue weighted by Gasteiger charge is -2.24. The molecule has 0 saturated heterocycles. The monoisotopic (exact) mass is 906 g/mol. The Morgan fingerprint density at radius 2 is 0.620 bits per heavy atom. The van der Waals surface area contributed by atoms with Crippen molar-refractivity contribution < 1.29 is 0 Å². The Hall–Kier alpha value is -9.38. The first-order valence-corrected chi connectivity index (χ1v) is 24.4. The van der Waals surface area contributed by atoms with Gasteiger partial charge in [-0.25, -0.2) is 0 Å². The third-order valence-corrected chi connectivity index (χ3v) is 14.6. The van der Waals surface area contributed by atoms with E-state index >= 15 is 0 Å². The fourth-order valence-electron chi connectivity index (χ4n) is 11.3. The lowest BCUT2D eigenvalue weighted by molar-refractivity contribution is 1.13. The van der Waals surface area contributed by atoms with E-state index in [2.05, 4.69) is 287 Å². The molecule has 0 unspecified atom stereocenters. The Labute approximate surface area is 411 Å². The predicted molar refractivity (Wildman–Crippen MR) is 300 cm³/mol. The van der Waals surface area contributed by atoms with Crippen LogP contribution in [-0.4, -0.2) is 20.7 Å². The third kappa shape index (κ3) is 6.60. The van der Waals surface area contributed by atoms with Crippen LogP contribution < -0.4 is 4.90 Å². The first-order chi connectivity index (χ1) is 35.1. The summed E-state index contributed by atoms with van der Waals surface area (Å²) >= 11 is 0. The van der Waals surface area contributed by atoms with Gasteiger partial charge in [-0.3, -0.25) is 0 Å². The van der Waals surface area contributed by atoms with Gasteiger partial charge in [0.05, 0.1) is 33.1 Å². The van der Waals surface area contributed by atoms with Crippen molar-refractivity contribution in [3.8, 4) is 50.4 Å². The zero-order valence-corrected chi connectivity index (χ0v) is 39.1. The summed E-state index contributed by atoms with van der Waals surface area (Å²) in [5, 5.41) is 7.42. The zero-order chi connectivity index (χ0) is 47.0. The van der Waals surface area contributed by atoms with Crippen LogP contribution in [0.2, 0.25) is 0 Å². The van der Waals surface area contributed by atoms with Crippen molar-refractivity contribution in [3.05, 3.63) is 261 Å². The first-order valence-electron chi connectivity index (χ1n) is 24.4. The second kappa shape index (κ2) is 16.4. The topological polar surface area (TPSA) is 18.0 Å². The fourth-order valence-corrected chi connectivity index (χ4v) is 11.3. The van der Waals surface area contributed by atoms with Gasteiger partial charge in [-0.15, -0.1) is 0 Å². The average molecular weight is 907 g/mol. The van der Waals surface area contributed by atoms with Crippen molar-refractivity contribution in [3.63, 3.8) is 0 Å². The summed E-state index contributed by atoms with van der Waals surface area (Å²) in [5.74, 6) is 0. The molecule has 71 heavy (non-hydrogen) atoms. The van der Waals surface area contributed by atoms with Crippen molar-refractivity contribution in [1.82, 2.24) is 13.7 Å². The molecule has 0 aliphatic carbocycles. The van der Waals surface area contributed by atoms with Crippen LogP contribution in [0, 0.1) is 0 Å². The Bertz CT molecular complexity index is 4350. The number of anilines is 2. The predicted octanol–water partition coefficient (Wildman–Crippen LogP) is 17.7. The van der Waals surface area contributed by atoms with Gasteiger partial charge in [0, 0.05) is 73.4 Å². The molecule has 0 saturated carbocycles. The maximum Gasteiger partial charge on any atom is 0.0541 e. The molecule has 14 aromatic rings. The number of para-hydroxylation sites is 5. The summed E-state index contributed by atoms with van der Waals surface area (Å²) in [7, 11) is 2.15. The molecule has 3 aromatic heterocycles. The van der Waals surface area contributed by atoms with Crippen LogP contribution in [0.15, 0.2) is 261 Å². The number of rotatable bonds is 8. The van der Waals surface area contributed by atoms with Crippen molar-refractivity contribution in [1.29, 1.82) is 0 Å². The van der Waals surface area contributed by atoms with Crippen LogP contribution >= 0.6 is 0 Å². The lowest BCUT2D eigenvalue weighted by atomic mass is 9.96. The van der Waals surface area contributed by atoms with E-state index < -0.39 is 0 Å². The van der Waals surface area contributed by atoms with Crippen LogP contribution in [0.1, 0.15) is 0 Å². The maximum atomic E-state index is 2.43. The van der Waals surface area contributed by atoms with E-state index in [1.165, 1.54) is 104 Å². The summed E-state index contributed by atoms with van der Waals surface area (Å²) in [4.78, 5) is 2.28. The highest BCUT2D eigenvalue weighted by molar-refractivity contribution is 6.13. The SMILES string of the molecule is CN(c1ccccc1)c1ccc(-c2ccc3c(c2)c2ccccc2n3-c2cccc(-n3c4ccccc4c4cc(-c5ccc6c(c5)c5ccccc5n6-c5ccccc5)ccc43)c2)cc1-c1ccccc1. The average Bonchev–Trinajstić information content (AvgIpc) is 4.08. The van der Waals surface area contributed by atoms with E-state index in [0.717, 1.165) is 22.7 Å². The van der Waals surface area contributed by atoms with Gasteiger partial charge in [0.2, 0.25) is 0 Å². The van der Waals surface area contributed by atoms with Crippen LogP contribution in [0.25, 0.3) is 116 Å². The summed E-state index contributed by atoms with van der Waals surface area (Å²) in [5.41, 5.74) is 20.0. The zero-order valence-electron chi connectivity index (χ0n) is 39.1. The Balaban J connectivity index is 0.870. The van der Waals surface area contributed by atoms with Gasteiger partial charge in [-0.05, 0) is 137 Å². The highest BCUT2D eigenvalue weighted by Gasteiger charge is 2.19. The lowest BCUT2D eigenvalue weighted by Crippen LogP contribution is -2.10. The molecule has 334 valence electrons. The van der Waals surface area contributed by atoms with Crippen molar-refractivity contribution in [2.24, 2.45) is 0 Å². The molecular weight excluding hydrogens is 861 g/mol. The molecule has 14 rings (SSSR count). The van der Waals surface area contributed by atoms with E-state index in [1.807, 2.05) is 0 Å². The van der Waals surface area contributed by atoms with Gasteiger partial charge in [0.25, 0.3) is 0 Å². The van der Waals surface area contributed by atoms with E-state index in [9.17, 15) is 0 Å². The standard InChI is InChI=1S/C67H46N4/c1-68(50-20-7-3-8-21-50)61-36-32-46(40-57(61)45-18-5-2-6-19-45)47-34-38-66-59(41-47)55-27-12-15-30-63(55)70(66)52-24-17-25-53(44-52)71-64-31-16-13-28-56(64)60-43-49(35-39-67(60)71)48-33-37-65-58(42-48)54-26-11-14-29-62(54)69(65)51-22-9-4-10-23-51/h2-44H,1H3. The van der Waals surface area contributed by atoms with Gasteiger partial charge in [-0.2, -0.15) is 0 Å². The van der Waals surface area contributed by atoms with Crippen LogP contribution in [-0.2, 0) is 0 Å². The van der Waals surface area contributed by atoms with Gasteiger partial charge in [0.1, 0.15) is 0 Å². The molecule has 11 aromatic carbocycles. The number of hydrogen-bond donors (Lipinski definition) is 0. The van der Waals surface area contributed by atoms with Crippen LogP contribution in [0.3, 0.4) is 0 Å². The smallest absolute Gasteiger partial charge is 0.0541 e. The highest BCUT2D eigenvalue weighted by atomic mass is 15.1. The number of nitrogens with zero attached hydrogens (tertiary/aromatic N) is 4. The minimum atomic E-state index is 1.12. The highest BCUT2D eigenvalue weighted by Crippen LogP contribution is 2.42. The van der Waals surface area contributed by atoms with Gasteiger partial charge in [0.15, 0.2) is 0 Å². The number of benzene rings is 11. The quantitative estimate of drug-likeness (QED) is 0.149. The van der Waals surface area contributed by atoms with Crippen molar-refractivity contribution in [2.75, 3.05) is 11.9 Å². The molecule has 0 aliphatic rings. The third-order valence-electron chi connectivity index (χ3n) is 14.6. The molecule has 0 fully saturated rings. The summed E-state index contributed by atoms with van der Waals surface area (Å²) in [6.07, 6.45) is 0. The van der Waals surface area contributed by atoms with E-state index in [4.69, 9.17) is 0 Å². The second-order valence-electron chi connectivity index (χ2n) is 18.6. The van der Waals surface area contributed by atoms with Gasteiger partial charge >= 0.3 is 0 Å². The molecule has 3 heterocycles. The molecule has 4 nitrogen and oxygen atoms in total. The Kier molecular flexibility index (Phi) is 9.39. The summed E-state index contributed by atoms with van der Waals surface area (Å²) in [6, 6.07) is 95.2. The Morgan fingerprint density at radius 1 is 0.254 bits per heavy atom. The molecule has 0 radical (unpaired) electrons. The summed E-state index contributed by atoms with van der Waals surface area (Å²) in [6.45, 7) is 0. The molecular formula is C67H46N4. The largest absolute Gasteiger partial charge is 0.344 e. The molecule has 0 atom stereocenters. The van der Waals surface area contributed by atoms with E-state index in [1.54, 1.807) is 0 Å². The van der Waals surface area contributed by atoms with E-state index in [0.29, 0.717) is 0 Å². The second-order valence-corrected chi connectivity index (χ2v) is 18.6. The molecule has 4 heteroatoms. The molecule has 0 amide bonds. The van der Waals surface area contributed by atoms with Crippen LogP contribution in [0.4, 0.5) is 11.4 Å². The fraction of sp³-hybridized carbons (Fsp3) is 0.0149. The first kappa shape index (κ1) is 40.7. The molecule has 0 N–H and O–H groups in total. The molecule has 0 aliphatic heterocycles. The maximum absolute atomic E-state index is 2.43. The van der Waals surface area contributed by atoms with Gasteiger partial charge < -0.3 is 18.6 Å². The minimum absolute atomic E-state index is 1.12. The normalized spacial score (nSPS) is 11.7. The van der Waals surface area contributed by atoms with Crippen molar-refractivity contribution in [2.45, 2.75) is 0 Å². The van der Waals surface area contributed by atoms with Gasteiger partial charge in [-0.1, -0.05) is 152 Å². The van der Waals surface area contributed by atoms with Crippen molar-refractivity contribution >= 4 is 76.8 Å². The Morgan fingerprint density at radius 3 is 1.11 bits per heavy atom. The summed E-state index contributed by atoms with van der Waals surface area (Å²) < 4.78 is 7.25. The van der Waals surface area contributed by atoms with E-state index in [-0.39, 0.29) is 0 Å². The molecule has 0 bridgehead atoms. The van der Waals surface area contributed by atoms with Crippen LogP contribution in [0.5, 0.6) is 0 Å². The number of aromatic nitrogens is 3. The molecule has 0 spiro atoms. The minimum Gasteiger partial charge on any atom is -0.344 e. The number of hydrogen-bond acceptors (Lipinski definition) is 1. The number of fused-ring (bicyclic) bond motifs is 9.